The molecule has 2 heteroatoms. The van der Waals surface area contributed by atoms with Gasteiger partial charge in [-0.15, -0.1) is 0 Å². The number of rotatable bonds is 5. The molecule has 0 saturated heterocycles. The second kappa shape index (κ2) is 6.74. The van der Waals surface area contributed by atoms with Crippen LogP contribution in [0.15, 0.2) is 18.2 Å². The molecule has 0 aliphatic carbocycles. The molecule has 2 N–H and O–H groups in total. The topological polar surface area (TPSA) is 43.1 Å². The molecule has 0 aliphatic heterocycles. The normalized spacial score (nSPS) is 12.1. The predicted octanol–water partition coefficient (Wildman–Crippen LogP) is 4.56. The van der Waals surface area contributed by atoms with Gasteiger partial charge >= 0.3 is 0 Å². The van der Waals surface area contributed by atoms with Gasteiger partial charge < -0.3 is 5.73 Å². The Balaban J connectivity index is 3.55. The van der Waals surface area contributed by atoms with E-state index in [4.69, 9.17) is 5.73 Å². The minimum Gasteiger partial charge on any atom is -0.366 e. The van der Waals surface area contributed by atoms with Crippen LogP contribution in [-0.2, 0) is 4.79 Å². The Hall–Kier alpha value is -1.57. The maximum atomic E-state index is 11.0. The zero-order valence-electron chi connectivity index (χ0n) is 13.5. The molecule has 0 aliphatic rings. The molecule has 0 unspecified atom stereocenters. The zero-order chi connectivity index (χ0) is 15.4. The molecule has 0 saturated carbocycles. The van der Waals surface area contributed by atoms with E-state index in [-0.39, 0.29) is 0 Å². The van der Waals surface area contributed by atoms with Crippen molar-refractivity contribution >= 4 is 12.0 Å². The molecule has 0 spiro atoms. The van der Waals surface area contributed by atoms with Crippen LogP contribution in [0.25, 0.3) is 6.08 Å². The molecule has 0 aromatic heterocycles. The molecule has 0 heterocycles. The lowest BCUT2D eigenvalue weighted by Gasteiger charge is -2.21. The van der Waals surface area contributed by atoms with Crippen molar-refractivity contribution in [3.63, 3.8) is 0 Å². The number of hydrogen-bond acceptors (Lipinski definition) is 1. The molecular weight excluding hydrogens is 246 g/mol. The van der Waals surface area contributed by atoms with E-state index in [9.17, 15) is 4.79 Å². The monoisotopic (exact) mass is 273 g/mol. The van der Waals surface area contributed by atoms with Crippen molar-refractivity contribution in [1.29, 1.82) is 0 Å². The van der Waals surface area contributed by atoms with Crippen LogP contribution in [-0.4, -0.2) is 5.91 Å². The highest BCUT2D eigenvalue weighted by atomic mass is 16.1. The van der Waals surface area contributed by atoms with Gasteiger partial charge in [0, 0.05) is 6.08 Å². The van der Waals surface area contributed by atoms with Gasteiger partial charge in [-0.3, -0.25) is 4.79 Å². The highest BCUT2D eigenvalue weighted by Crippen LogP contribution is 2.32. The van der Waals surface area contributed by atoms with E-state index in [1.807, 2.05) is 6.08 Å². The van der Waals surface area contributed by atoms with Crippen LogP contribution in [0.5, 0.6) is 0 Å². The fraction of sp³-hybridized carbons (Fsp3) is 0.500. The second-order valence-electron chi connectivity index (χ2n) is 6.31. The summed E-state index contributed by atoms with van der Waals surface area (Å²) in [6.07, 6.45) is 3.33. The first-order chi connectivity index (χ1) is 9.23. The lowest BCUT2D eigenvalue weighted by molar-refractivity contribution is -0.113. The van der Waals surface area contributed by atoms with Crippen LogP contribution in [0.2, 0.25) is 0 Å². The number of benzene rings is 1. The SMILES string of the molecule is CC(C)c1cc(C(C)C)c(C=CC(N)=O)c(C(C)C)c1. The summed E-state index contributed by atoms with van der Waals surface area (Å²) in [6, 6.07) is 4.53. The lowest BCUT2D eigenvalue weighted by atomic mass is 9.84. The standard InChI is InChI=1S/C18H27NO/c1-11(2)14-9-16(12(3)4)15(7-8-18(19)20)17(10-14)13(5)6/h7-13H,1-6H3,(H2,19,20). The van der Waals surface area contributed by atoms with Crippen molar-refractivity contribution in [2.75, 3.05) is 0 Å². The van der Waals surface area contributed by atoms with Crippen molar-refractivity contribution in [3.05, 3.63) is 40.5 Å². The molecular formula is C18H27NO. The average Bonchev–Trinajstić information content (AvgIpc) is 2.34. The Morgan fingerprint density at radius 2 is 1.40 bits per heavy atom. The predicted molar refractivity (Wildman–Crippen MR) is 86.9 cm³/mol. The van der Waals surface area contributed by atoms with Crippen LogP contribution in [0.1, 0.15) is 81.5 Å². The van der Waals surface area contributed by atoms with Gasteiger partial charge in [0.15, 0.2) is 0 Å². The van der Waals surface area contributed by atoms with Gasteiger partial charge in [-0.25, -0.2) is 0 Å². The summed E-state index contributed by atoms with van der Waals surface area (Å²) >= 11 is 0. The molecule has 0 fully saturated rings. The molecule has 1 rings (SSSR count). The van der Waals surface area contributed by atoms with Crippen LogP contribution < -0.4 is 5.73 Å². The van der Waals surface area contributed by atoms with E-state index < -0.39 is 5.91 Å². The first kappa shape index (κ1) is 16.5. The third-order valence-electron chi connectivity index (χ3n) is 3.59. The van der Waals surface area contributed by atoms with Crippen LogP contribution in [0.3, 0.4) is 0 Å². The molecule has 1 amide bonds. The summed E-state index contributed by atoms with van der Waals surface area (Å²) < 4.78 is 0. The zero-order valence-corrected chi connectivity index (χ0v) is 13.5. The fourth-order valence-corrected chi connectivity index (χ4v) is 2.37. The van der Waals surface area contributed by atoms with E-state index in [2.05, 4.69) is 53.7 Å². The maximum absolute atomic E-state index is 11.0. The Bertz CT molecular complexity index is 481. The largest absolute Gasteiger partial charge is 0.366 e. The van der Waals surface area contributed by atoms with Gasteiger partial charge in [-0.2, -0.15) is 0 Å². The minimum absolute atomic E-state index is 0.401. The molecule has 0 radical (unpaired) electrons. The van der Waals surface area contributed by atoms with Gasteiger partial charge in [-0.05, 0) is 46.1 Å². The summed E-state index contributed by atoms with van der Waals surface area (Å²) in [7, 11) is 0. The maximum Gasteiger partial charge on any atom is 0.241 e. The molecule has 1 aromatic carbocycles. The third kappa shape index (κ3) is 3.96. The van der Waals surface area contributed by atoms with E-state index in [1.54, 1.807) is 0 Å². The number of carbonyl (C=O) groups is 1. The van der Waals surface area contributed by atoms with Crippen LogP contribution in [0, 0.1) is 0 Å². The van der Waals surface area contributed by atoms with E-state index >= 15 is 0 Å². The highest BCUT2D eigenvalue weighted by Gasteiger charge is 2.15. The Morgan fingerprint density at radius 1 is 0.950 bits per heavy atom. The van der Waals surface area contributed by atoms with Crippen molar-refractivity contribution in [1.82, 2.24) is 0 Å². The smallest absolute Gasteiger partial charge is 0.241 e. The molecule has 2 nitrogen and oxygen atoms in total. The van der Waals surface area contributed by atoms with Gasteiger partial charge in [0.1, 0.15) is 0 Å². The minimum atomic E-state index is -0.401. The quantitative estimate of drug-likeness (QED) is 0.785. The molecule has 110 valence electrons. The average molecular weight is 273 g/mol. The fourth-order valence-electron chi connectivity index (χ4n) is 2.37. The Kier molecular flexibility index (Phi) is 5.55. The van der Waals surface area contributed by atoms with Gasteiger partial charge in [-0.1, -0.05) is 53.7 Å². The van der Waals surface area contributed by atoms with Gasteiger partial charge in [0.25, 0.3) is 0 Å². The van der Waals surface area contributed by atoms with Crippen molar-refractivity contribution in [2.24, 2.45) is 5.73 Å². The van der Waals surface area contributed by atoms with Gasteiger partial charge in [0.05, 0.1) is 0 Å². The number of primary amides is 1. The van der Waals surface area contributed by atoms with Crippen molar-refractivity contribution < 1.29 is 4.79 Å². The summed E-state index contributed by atoms with van der Waals surface area (Å²) in [6.45, 7) is 13.2. The number of nitrogens with two attached hydrogens (primary N) is 1. The lowest BCUT2D eigenvalue weighted by Crippen LogP contribution is -2.07. The number of carbonyl (C=O) groups excluding carboxylic acids is 1. The third-order valence-corrected chi connectivity index (χ3v) is 3.59. The van der Waals surface area contributed by atoms with E-state index in [1.165, 1.54) is 22.8 Å². The van der Waals surface area contributed by atoms with Crippen molar-refractivity contribution in [2.45, 2.75) is 59.3 Å². The van der Waals surface area contributed by atoms with E-state index in [0.717, 1.165) is 5.56 Å². The molecule has 20 heavy (non-hydrogen) atoms. The molecule has 0 atom stereocenters. The number of amides is 1. The molecule has 1 aromatic rings. The highest BCUT2D eigenvalue weighted by molar-refractivity contribution is 5.90. The summed E-state index contributed by atoms with van der Waals surface area (Å²) in [5.41, 5.74) is 10.3. The Morgan fingerprint density at radius 3 is 1.70 bits per heavy atom. The summed E-state index contributed by atoms with van der Waals surface area (Å²) in [5, 5.41) is 0. The van der Waals surface area contributed by atoms with Crippen LogP contribution in [0.4, 0.5) is 0 Å². The van der Waals surface area contributed by atoms with Crippen LogP contribution >= 0.6 is 0 Å². The first-order valence-corrected chi connectivity index (χ1v) is 7.39. The summed E-state index contributed by atoms with van der Waals surface area (Å²) in [5.74, 6) is 0.930. The second-order valence-corrected chi connectivity index (χ2v) is 6.31. The first-order valence-electron chi connectivity index (χ1n) is 7.39. The number of hydrogen-bond donors (Lipinski definition) is 1. The Labute approximate surface area is 123 Å². The van der Waals surface area contributed by atoms with E-state index in [0.29, 0.717) is 17.8 Å². The molecule has 0 bridgehead atoms. The van der Waals surface area contributed by atoms with Gasteiger partial charge in [0.2, 0.25) is 5.91 Å². The summed E-state index contributed by atoms with van der Waals surface area (Å²) in [4.78, 5) is 11.0. The van der Waals surface area contributed by atoms with Crippen molar-refractivity contribution in [3.8, 4) is 0 Å².